The maximum absolute atomic E-state index is 12.1. The topological polar surface area (TPSA) is 64.1 Å². The van der Waals surface area contributed by atoms with Gasteiger partial charge in [-0.05, 0) is 43.4 Å². The molecule has 0 fully saturated rings. The molecule has 0 bridgehead atoms. The molecule has 1 N–H and O–H groups in total. The number of rotatable bonds is 6. The van der Waals surface area contributed by atoms with Crippen molar-refractivity contribution in [1.82, 2.24) is 10.2 Å². The first-order valence-electron chi connectivity index (χ1n) is 6.69. The van der Waals surface area contributed by atoms with Gasteiger partial charge >= 0.3 is 0 Å². The Balaban J connectivity index is 1.94. The maximum atomic E-state index is 12.1. The zero-order valence-corrected chi connectivity index (χ0v) is 14.8. The van der Waals surface area contributed by atoms with Gasteiger partial charge in [0.25, 0.3) is 5.91 Å². The van der Waals surface area contributed by atoms with Crippen molar-refractivity contribution < 1.29 is 9.53 Å². The molecule has 0 aliphatic carbocycles. The molecule has 0 aliphatic rings. The normalized spacial score (nSPS) is 12.0. The number of thioether (sulfide) groups is 1. The summed E-state index contributed by atoms with van der Waals surface area (Å²) in [5.41, 5.74) is 0.900. The van der Waals surface area contributed by atoms with Crippen LogP contribution in [-0.4, -0.2) is 28.0 Å². The van der Waals surface area contributed by atoms with Gasteiger partial charge in [0, 0.05) is 5.02 Å². The molecule has 0 spiro atoms. The Labute approximate surface area is 142 Å². The zero-order chi connectivity index (χ0) is 16.1. The minimum atomic E-state index is -0.647. The number of carbonyl (C=O) groups excluding carboxylic acids is 1. The van der Waals surface area contributed by atoms with E-state index in [1.54, 1.807) is 36.9 Å². The highest BCUT2D eigenvalue weighted by atomic mass is 35.5. The number of carbonyl (C=O) groups is 1. The van der Waals surface area contributed by atoms with E-state index in [9.17, 15) is 4.79 Å². The Kier molecular flexibility index (Phi) is 6.05. The number of nitrogens with zero attached hydrogens (tertiary/aromatic N) is 2. The average molecular weight is 358 g/mol. The van der Waals surface area contributed by atoms with Gasteiger partial charge < -0.3 is 4.74 Å². The van der Waals surface area contributed by atoms with Crippen LogP contribution in [0, 0.1) is 6.92 Å². The van der Waals surface area contributed by atoms with Crippen LogP contribution >= 0.6 is 34.7 Å². The van der Waals surface area contributed by atoms with Crippen LogP contribution < -0.4 is 10.1 Å². The molecular formula is C14H16ClN3O2S2. The molecule has 22 heavy (non-hydrogen) atoms. The van der Waals surface area contributed by atoms with Crippen molar-refractivity contribution in [3.63, 3.8) is 0 Å². The molecular weight excluding hydrogens is 342 g/mol. The van der Waals surface area contributed by atoms with E-state index in [0.29, 0.717) is 15.9 Å². The lowest BCUT2D eigenvalue weighted by Crippen LogP contribution is -2.30. The zero-order valence-electron chi connectivity index (χ0n) is 12.4. The SMILES string of the molecule is CCSc1nnc(NC(=O)[C@H](C)Oc2ccc(Cl)c(C)c2)s1. The van der Waals surface area contributed by atoms with Crippen molar-refractivity contribution >= 4 is 45.7 Å². The van der Waals surface area contributed by atoms with E-state index in [-0.39, 0.29) is 5.91 Å². The van der Waals surface area contributed by atoms with Crippen LogP contribution in [0.25, 0.3) is 0 Å². The Morgan fingerprint density at radius 1 is 1.50 bits per heavy atom. The summed E-state index contributed by atoms with van der Waals surface area (Å²) in [6.45, 7) is 5.60. The van der Waals surface area contributed by atoms with E-state index in [2.05, 4.69) is 15.5 Å². The number of anilines is 1. The van der Waals surface area contributed by atoms with Crippen molar-refractivity contribution in [2.75, 3.05) is 11.1 Å². The fraction of sp³-hybridized carbons (Fsp3) is 0.357. The largest absolute Gasteiger partial charge is 0.481 e. The average Bonchev–Trinajstić information content (AvgIpc) is 2.90. The Morgan fingerprint density at radius 3 is 2.95 bits per heavy atom. The van der Waals surface area contributed by atoms with Gasteiger partial charge in [-0.25, -0.2) is 0 Å². The molecule has 1 amide bonds. The van der Waals surface area contributed by atoms with Gasteiger partial charge in [-0.1, -0.05) is 41.6 Å². The van der Waals surface area contributed by atoms with Gasteiger partial charge in [-0.15, -0.1) is 10.2 Å². The fourth-order valence-corrected chi connectivity index (χ4v) is 3.37. The molecule has 1 heterocycles. The van der Waals surface area contributed by atoms with E-state index in [1.807, 2.05) is 13.8 Å². The molecule has 0 saturated heterocycles. The number of aryl methyl sites for hydroxylation is 1. The number of nitrogens with one attached hydrogen (secondary N) is 1. The van der Waals surface area contributed by atoms with E-state index in [4.69, 9.17) is 16.3 Å². The molecule has 0 unspecified atom stereocenters. The molecule has 2 rings (SSSR count). The van der Waals surface area contributed by atoms with Gasteiger partial charge in [0.1, 0.15) is 5.75 Å². The van der Waals surface area contributed by atoms with E-state index < -0.39 is 6.10 Å². The lowest BCUT2D eigenvalue weighted by Gasteiger charge is -2.14. The van der Waals surface area contributed by atoms with Crippen molar-refractivity contribution in [3.8, 4) is 5.75 Å². The van der Waals surface area contributed by atoms with Gasteiger partial charge in [0.2, 0.25) is 5.13 Å². The van der Waals surface area contributed by atoms with Crippen LogP contribution in [0.1, 0.15) is 19.4 Å². The lowest BCUT2D eigenvalue weighted by molar-refractivity contribution is -0.122. The van der Waals surface area contributed by atoms with E-state index in [1.165, 1.54) is 11.3 Å². The molecule has 1 aromatic carbocycles. The third-order valence-corrected chi connectivity index (χ3v) is 4.99. The number of halogens is 1. The standard InChI is InChI=1S/C14H16ClN3O2S2/c1-4-21-14-18-17-13(22-14)16-12(19)9(3)20-10-5-6-11(15)8(2)7-10/h5-7,9H,4H2,1-3H3,(H,16,17,19)/t9-/m0/s1. The van der Waals surface area contributed by atoms with E-state index >= 15 is 0 Å². The minimum absolute atomic E-state index is 0.267. The molecule has 118 valence electrons. The molecule has 0 radical (unpaired) electrons. The Morgan fingerprint density at radius 2 is 2.27 bits per heavy atom. The smallest absolute Gasteiger partial charge is 0.266 e. The summed E-state index contributed by atoms with van der Waals surface area (Å²) in [6.07, 6.45) is -0.647. The van der Waals surface area contributed by atoms with Crippen molar-refractivity contribution in [1.29, 1.82) is 0 Å². The number of ether oxygens (including phenoxy) is 1. The summed E-state index contributed by atoms with van der Waals surface area (Å²) in [7, 11) is 0. The minimum Gasteiger partial charge on any atom is -0.481 e. The number of amides is 1. The second-order valence-electron chi connectivity index (χ2n) is 4.47. The highest BCUT2D eigenvalue weighted by Crippen LogP contribution is 2.25. The summed E-state index contributed by atoms with van der Waals surface area (Å²) in [4.78, 5) is 12.1. The van der Waals surface area contributed by atoms with Crippen LogP contribution in [0.15, 0.2) is 22.5 Å². The van der Waals surface area contributed by atoms with Crippen molar-refractivity contribution in [2.45, 2.75) is 31.2 Å². The molecule has 0 aliphatic heterocycles. The van der Waals surface area contributed by atoms with Crippen LogP contribution in [-0.2, 0) is 4.79 Å². The first-order chi connectivity index (χ1) is 10.5. The third kappa shape index (κ3) is 4.59. The van der Waals surface area contributed by atoms with Crippen LogP contribution in [0.4, 0.5) is 5.13 Å². The second kappa shape index (κ2) is 7.80. The first-order valence-corrected chi connectivity index (χ1v) is 8.87. The summed E-state index contributed by atoms with van der Waals surface area (Å²) in [6, 6.07) is 5.28. The maximum Gasteiger partial charge on any atom is 0.266 e. The van der Waals surface area contributed by atoms with Crippen molar-refractivity contribution in [3.05, 3.63) is 28.8 Å². The molecule has 0 saturated carbocycles. The molecule has 8 heteroatoms. The first kappa shape index (κ1) is 17.1. The summed E-state index contributed by atoms with van der Waals surface area (Å²) in [5.74, 6) is 1.25. The summed E-state index contributed by atoms with van der Waals surface area (Å²) < 4.78 is 6.45. The number of aromatic nitrogens is 2. The van der Waals surface area contributed by atoms with Crippen LogP contribution in [0.5, 0.6) is 5.75 Å². The Bertz CT molecular complexity index is 663. The van der Waals surface area contributed by atoms with Crippen LogP contribution in [0.3, 0.4) is 0 Å². The highest BCUT2D eigenvalue weighted by Gasteiger charge is 2.17. The molecule has 1 atom stereocenters. The predicted octanol–water partition coefficient (Wildman–Crippen LogP) is 4.02. The molecule has 1 aromatic heterocycles. The van der Waals surface area contributed by atoms with Gasteiger partial charge in [0.15, 0.2) is 10.4 Å². The molecule has 2 aromatic rings. The second-order valence-corrected chi connectivity index (χ2v) is 7.36. The predicted molar refractivity (Wildman–Crippen MR) is 91.2 cm³/mol. The van der Waals surface area contributed by atoms with E-state index in [0.717, 1.165) is 15.7 Å². The van der Waals surface area contributed by atoms with Gasteiger partial charge in [-0.2, -0.15) is 0 Å². The molecule has 5 nitrogen and oxygen atoms in total. The fourth-order valence-electron chi connectivity index (χ4n) is 1.60. The number of hydrogen-bond acceptors (Lipinski definition) is 6. The number of benzene rings is 1. The third-order valence-electron chi connectivity index (χ3n) is 2.72. The highest BCUT2D eigenvalue weighted by molar-refractivity contribution is 8.01. The van der Waals surface area contributed by atoms with Crippen LogP contribution in [0.2, 0.25) is 5.02 Å². The van der Waals surface area contributed by atoms with Gasteiger partial charge in [-0.3, -0.25) is 10.1 Å². The summed E-state index contributed by atoms with van der Waals surface area (Å²) in [5, 5.41) is 11.8. The summed E-state index contributed by atoms with van der Waals surface area (Å²) >= 11 is 8.90. The number of hydrogen-bond donors (Lipinski definition) is 1. The lowest BCUT2D eigenvalue weighted by atomic mass is 10.2. The Hall–Kier alpha value is -1.31. The van der Waals surface area contributed by atoms with Crippen molar-refractivity contribution in [2.24, 2.45) is 0 Å². The monoisotopic (exact) mass is 357 g/mol. The quantitative estimate of drug-likeness (QED) is 0.625. The van der Waals surface area contributed by atoms with Gasteiger partial charge in [0.05, 0.1) is 0 Å².